The molecule has 314 valence electrons. The van der Waals surface area contributed by atoms with Crippen LogP contribution in [0.2, 0.25) is 10.0 Å². The Morgan fingerprint density at radius 2 is 1.56 bits per heavy atom. The van der Waals surface area contributed by atoms with Gasteiger partial charge in [0.15, 0.2) is 0 Å². The monoisotopic (exact) mass is 873 g/mol. The van der Waals surface area contributed by atoms with Crippen LogP contribution >= 0.6 is 23.2 Å². The van der Waals surface area contributed by atoms with E-state index in [1.165, 1.54) is 31.4 Å². The number of hydrazine groups is 1. The van der Waals surface area contributed by atoms with Gasteiger partial charge in [-0.05, 0) is 78.4 Å². The predicted molar refractivity (Wildman–Crippen MR) is 227 cm³/mol. The SMILES string of the molecule is COc1ccc(C23C(=O)N(Nc4ccc(Cl)cc4Cl)C(=O)C2CC2C(=CCC4C(=O)N(c5ccc(C(=O)O)c(O)c5)C(=O)C42)C3c2ccc(OCc3ccccc3)cc2O)cc1. The number of phenols is 2. The standard InChI is InChI=1S/C47H37Cl2N3O10/c1-61-28-11-7-25(8-12-28)47-35(43(56)52(46(47)60)50-37-18-9-26(48)19-36(37)49)22-34-30(41(47)31-15-13-29(21-39(31)54)62-23-24-5-3-2-4-6-24)16-17-33-40(34)44(57)51(42(33)55)27-10-14-32(45(58)59)38(53)20-27/h2-16,18-21,33-35,40-41,50,53-54H,17,22-23H2,1H3,(H,58,59). The zero-order valence-corrected chi connectivity index (χ0v) is 34.3. The summed E-state index contributed by atoms with van der Waals surface area (Å²) in [6.07, 6.45) is 1.85. The van der Waals surface area contributed by atoms with Crippen LogP contribution in [0.25, 0.3) is 0 Å². The average molecular weight is 875 g/mol. The molecule has 6 unspecified atom stereocenters. The molecule has 0 spiro atoms. The van der Waals surface area contributed by atoms with Crippen molar-refractivity contribution in [1.29, 1.82) is 0 Å². The van der Waals surface area contributed by atoms with Gasteiger partial charge in [-0.15, -0.1) is 0 Å². The molecule has 9 rings (SSSR count). The van der Waals surface area contributed by atoms with Gasteiger partial charge >= 0.3 is 5.97 Å². The van der Waals surface area contributed by atoms with Crippen molar-refractivity contribution in [2.75, 3.05) is 17.4 Å². The Balaban J connectivity index is 1.20. The quantitative estimate of drug-likeness (QED) is 0.0791. The Morgan fingerprint density at radius 3 is 2.24 bits per heavy atom. The molecule has 4 amide bonds. The van der Waals surface area contributed by atoms with Crippen LogP contribution in [0.3, 0.4) is 0 Å². The van der Waals surface area contributed by atoms with E-state index >= 15 is 9.59 Å². The average Bonchev–Trinajstić information content (AvgIpc) is 3.64. The zero-order chi connectivity index (χ0) is 43.6. The number of carboxylic acid groups (broad SMARTS) is 1. The molecule has 5 aromatic carbocycles. The number of methoxy groups -OCH3 is 1. The molecular formula is C47H37Cl2N3O10. The van der Waals surface area contributed by atoms with Gasteiger partial charge in [0.05, 0.1) is 46.7 Å². The Kier molecular flexibility index (Phi) is 10.2. The van der Waals surface area contributed by atoms with Crippen molar-refractivity contribution < 1.29 is 48.8 Å². The number of fused-ring (bicyclic) bond motifs is 4. The molecule has 62 heavy (non-hydrogen) atoms. The summed E-state index contributed by atoms with van der Waals surface area (Å²) in [6, 6.07) is 29.1. The second-order valence-corrected chi connectivity index (χ2v) is 16.6. The molecule has 0 aromatic heterocycles. The highest BCUT2D eigenvalue weighted by molar-refractivity contribution is 6.36. The minimum absolute atomic E-state index is 0.00976. The summed E-state index contributed by atoms with van der Waals surface area (Å²) in [5, 5.41) is 33.6. The van der Waals surface area contributed by atoms with E-state index in [1.807, 2.05) is 36.4 Å². The third kappa shape index (κ3) is 6.42. The third-order valence-electron chi connectivity index (χ3n) is 12.6. The number of allylic oxidation sites excluding steroid dienone is 2. The zero-order valence-electron chi connectivity index (χ0n) is 32.8. The van der Waals surface area contributed by atoms with Crippen LogP contribution < -0.4 is 19.8 Å². The number of aromatic hydroxyl groups is 2. The number of benzene rings is 5. The Bertz CT molecular complexity index is 2730. The van der Waals surface area contributed by atoms with Crippen LogP contribution in [0.5, 0.6) is 23.0 Å². The number of aromatic carboxylic acids is 1. The van der Waals surface area contributed by atoms with Gasteiger partial charge in [0.1, 0.15) is 35.2 Å². The molecular weight excluding hydrogens is 837 g/mol. The summed E-state index contributed by atoms with van der Waals surface area (Å²) in [7, 11) is 1.50. The molecule has 2 saturated heterocycles. The second kappa shape index (κ2) is 15.6. The van der Waals surface area contributed by atoms with Crippen molar-refractivity contribution in [1.82, 2.24) is 5.01 Å². The van der Waals surface area contributed by atoms with E-state index in [2.05, 4.69) is 5.43 Å². The number of hydrogen-bond donors (Lipinski definition) is 4. The summed E-state index contributed by atoms with van der Waals surface area (Å²) in [5.74, 6) is -8.81. The third-order valence-corrected chi connectivity index (χ3v) is 13.2. The Hall–Kier alpha value is -6.83. The van der Waals surface area contributed by atoms with Crippen LogP contribution in [-0.2, 0) is 31.2 Å². The highest BCUT2D eigenvalue weighted by Gasteiger charge is 2.70. The van der Waals surface area contributed by atoms with Gasteiger partial charge in [-0.3, -0.25) is 24.6 Å². The van der Waals surface area contributed by atoms with Crippen molar-refractivity contribution in [2.24, 2.45) is 23.7 Å². The summed E-state index contributed by atoms with van der Waals surface area (Å²) in [6.45, 7) is 0.210. The van der Waals surface area contributed by atoms with Crippen molar-refractivity contribution in [2.45, 2.75) is 30.8 Å². The molecule has 6 atom stereocenters. The number of carboxylic acids is 1. The fourth-order valence-electron chi connectivity index (χ4n) is 9.88. The Labute approximate surface area is 364 Å². The first-order valence-corrected chi connectivity index (χ1v) is 20.5. The van der Waals surface area contributed by atoms with Crippen LogP contribution in [0.4, 0.5) is 11.4 Å². The maximum Gasteiger partial charge on any atom is 0.339 e. The minimum atomic E-state index is -1.74. The normalized spacial score (nSPS) is 24.0. The van der Waals surface area contributed by atoms with E-state index in [1.54, 1.807) is 42.5 Å². The number of halogens is 2. The molecule has 4 aliphatic rings. The molecule has 0 radical (unpaired) electrons. The fourth-order valence-corrected chi connectivity index (χ4v) is 10.3. The first-order chi connectivity index (χ1) is 29.8. The van der Waals surface area contributed by atoms with Crippen molar-refractivity contribution in [3.63, 3.8) is 0 Å². The number of nitrogens with zero attached hydrogens (tertiary/aromatic N) is 2. The maximum absolute atomic E-state index is 15.6. The van der Waals surface area contributed by atoms with Crippen molar-refractivity contribution in [3.05, 3.63) is 153 Å². The number of phenolic OH excluding ortho intramolecular Hbond substituents is 1. The lowest BCUT2D eigenvalue weighted by molar-refractivity contribution is -0.138. The molecule has 13 nitrogen and oxygen atoms in total. The predicted octanol–water partition coefficient (Wildman–Crippen LogP) is 7.88. The molecule has 2 aliphatic heterocycles. The summed E-state index contributed by atoms with van der Waals surface area (Å²) >= 11 is 12.8. The number of amides is 4. The number of rotatable bonds is 10. The highest BCUT2D eigenvalue weighted by Crippen LogP contribution is 2.65. The molecule has 2 aliphatic carbocycles. The van der Waals surface area contributed by atoms with E-state index in [-0.39, 0.29) is 47.2 Å². The summed E-state index contributed by atoms with van der Waals surface area (Å²) in [5.41, 5.74) is 3.21. The van der Waals surface area contributed by atoms with E-state index in [0.717, 1.165) is 27.6 Å². The molecule has 4 N–H and O–H groups in total. The largest absolute Gasteiger partial charge is 0.508 e. The molecule has 5 aromatic rings. The lowest BCUT2D eigenvalue weighted by Crippen LogP contribution is -2.53. The lowest BCUT2D eigenvalue weighted by Gasteiger charge is -2.50. The number of nitrogens with one attached hydrogen (secondary N) is 1. The van der Waals surface area contributed by atoms with Gasteiger partial charge in [-0.25, -0.2) is 9.69 Å². The van der Waals surface area contributed by atoms with Crippen LogP contribution in [0, 0.1) is 23.7 Å². The Morgan fingerprint density at radius 1 is 0.823 bits per heavy atom. The molecule has 3 fully saturated rings. The number of hydrogen-bond acceptors (Lipinski definition) is 10. The summed E-state index contributed by atoms with van der Waals surface area (Å²) < 4.78 is 11.5. The van der Waals surface area contributed by atoms with Crippen LogP contribution in [0.15, 0.2) is 121 Å². The number of ether oxygens (including phenoxy) is 2. The lowest BCUT2D eigenvalue weighted by atomic mass is 9.49. The van der Waals surface area contributed by atoms with Crippen LogP contribution in [-0.4, -0.2) is 57.0 Å². The highest BCUT2D eigenvalue weighted by atomic mass is 35.5. The maximum atomic E-state index is 15.6. The van der Waals surface area contributed by atoms with Gasteiger partial charge in [-0.1, -0.05) is 83.4 Å². The van der Waals surface area contributed by atoms with Crippen molar-refractivity contribution >= 4 is 64.2 Å². The molecule has 15 heteroatoms. The van der Waals surface area contributed by atoms with Crippen molar-refractivity contribution in [3.8, 4) is 23.0 Å². The van der Waals surface area contributed by atoms with E-state index in [0.29, 0.717) is 27.7 Å². The molecule has 1 saturated carbocycles. The summed E-state index contributed by atoms with van der Waals surface area (Å²) in [4.78, 5) is 72.2. The molecule has 0 bridgehead atoms. The number of carbonyl (C=O) groups excluding carboxylic acids is 4. The second-order valence-electron chi connectivity index (χ2n) is 15.7. The first kappa shape index (κ1) is 40.6. The van der Waals surface area contributed by atoms with Gasteiger partial charge in [0.25, 0.3) is 11.8 Å². The van der Waals surface area contributed by atoms with E-state index in [9.17, 15) is 29.7 Å². The van der Waals surface area contributed by atoms with E-state index < -0.39 is 75.9 Å². The first-order valence-electron chi connectivity index (χ1n) is 19.7. The van der Waals surface area contributed by atoms with E-state index in [4.69, 9.17) is 32.7 Å². The molecule has 2 heterocycles. The van der Waals surface area contributed by atoms with Crippen LogP contribution in [0.1, 0.15) is 45.8 Å². The van der Waals surface area contributed by atoms with Gasteiger partial charge in [0.2, 0.25) is 11.8 Å². The number of anilines is 2. The topological polar surface area (TPSA) is 183 Å². The smallest absolute Gasteiger partial charge is 0.339 e. The minimum Gasteiger partial charge on any atom is -0.508 e. The van der Waals surface area contributed by atoms with Gasteiger partial charge in [0, 0.05) is 28.6 Å². The van der Waals surface area contributed by atoms with Gasteiger partial charge in [-0.2, -0.15) is 5.01 Å². The number of carbonyl (C=O) groups is 5. The fraction of sp³-hybridized carbons (Fsp3) is 0.213. The number of imide groups is 2. The van der Waals surface area contributed by atoms with Gasteiger partial charge < -0.3 is 24.8 Å².